The number of amides is 1. The van der Waals surface area contributed by atoms with E-state index in [1.807, 2.05) is 0 Å². The van der Waals surface area contributed by atoms with E-state index in [9.17, 15) is 19.3 Å². The van der Waals surface area contributed by atoms with Crippen molar-refractivity contribution in [1.29, 1.82) is 0 Å². The highest BCUT2D eigenvalue weighted by Gasteiger charge is 2.08. The first-order valence-corrected chi connectivity index (χ1v) is 6.23. The number of carbonyl (C=O) groups is 1. The van der Waals surface area contributed by atoms with Crippen LogP contribution in [-0.4, -0.2) is 10.8 Å². The third-order valence-corrected chi connectivity index (χ3v) is 2.86. The molecule has 0 fully saturated rings. The molecule has 0 heterocycles. The summed E-state index contributed by atoms with van der Waals surface area (Å²) in [6.07, 6.45) is 0. The highest BCUT2D eigenvalue weighted by Crippen LogP contribution is 2.15. The lowest BCUT2D eigenvalue weighted by Crippen LogP contribution is -2.35. The fourth-order valence-corrected chi connectivity index (χ4v) is 1.66. The molecule has 0 aliphatic heterocycles. The molecule has 7 heteroatoms. The number of carbonyl (C=O) groups excluding carboxylic acids is 1. The van der Waals surface area contributed by atoms with Crippen molar-refractivity contribution in [3.8, 4) is 0 Å². The van der Waals surface area contributed by atoms with Crippen molar-refractivity contribution in [1.82, 2.24) is 10.9 Å². The van der Waals surface area contributed by atoms with Crippen LogP contribution in [0, 0.1) is 15.9 Å². The zero-order valence-corrected chi connectivity index (χ0v) is 11.4. The van der Waals surface area contributed by atoms with Crippen LogP contribution in [0.5, 0.6) is 0 Å². The van der Waals surface area contributed by atoms with Gasteiger partial charge in [0.05, 0.1) is 10.6 Å². The molecule has 0 saturated heterocycles. The Morgan fingerprint density at radius 3 is 2.09 bits per heavy atom. The van der Waals surface area contributed by atoms with Crippen LogP contribution in [0.25, 0.3) is 5.70 Å². The van der Waals surface area contributed by atoms with Crippen molar-refractivity contribution < 1.29 is 14.1 Å². The van der Waals surface area contributed by atoms with Gasteiger partial charge in [0.2, 0.25) is 0 Å². The third-order valence-electron chi connectivity index (χ3n) is 2.86. The van der Waals surface area contributed by atoms with E-state index in [0.29, 0.717) is 11.3 Å². The van der Waals surface area contributed by atoms with Gasteiger partial charge in [-0.05, 0) is 42.0 Å². The van der Waals surface area contributed by atoms with Gasteiger partial charge in [-0.1, -0.05) is 6.58 Å². The summed E-state index contributed by atoms with van der Waals surface area (Å²) in [7, 11) is 0. The zero-order chi connectivity index (χ0) is 16.1. The third kappa shape index (κ3) is 3.66. The van der Waals surface area contributed by atoms with E-state index in [4.69, 9.17) is 0 Å². The van der Waals surface area contributed by atoms with Crippen LogP contribution in [0.2, 0.25) is 0 Å². The molecule has 0 aliphatic rings. The summed E-state index contributed by atoms with van der Waals surface area (Å²) in [4.78, 5) is 21.9. The van der Waals surface area contributed by atoms with E-state index in [-0.39, 0.29) is 11.3 Å². The Balaban J connectivity index is 1.96. The predicted octanol–water partition coefficient (Wildman–Crippen LogP) is 2.64. The van der Waals surface area contributed by atoms with Crippen molar-refractivity contribution in [3.63, 3.8) is 0 Å². The first kappa shape index (κ1) is 15.2. The molecular formula is C15H12FN3O3. The molecule has 1 amide bonds. The summed E-state index contributed by atoms with van der Waals surface area (Å²) in [5.41, 5.74) is 6.21. The van der Waals surface area contributed by atoms with E-state index in [1.54, 1.807) is 0 Å². The largest absolute Gasteiger partial charge is 0.298 e. The van der Waals surface area contributed by atoms with Crippen LogP contribution >= 0.6 is 0 Å². The molecule has 2 N–H and O–H groups in total. The molecule has 22 heavy (non-hydrogen) atoms. The van der Waals surface area contributed by atoms with E-state index in [1.165, 1.54) is 48.5 Å². The number of halogens is 1. The van der Waals surface area contributed by atoms with E-state index in [2.05, 4.69) is 17.4 Å². The van der Waals surface area contributed by atoms with Gasteiger partial charge in [0, 0.05) is 17.7 Å². The molecule has 0 spiro atoms. The molecule has 2 aromatic carbocycles. The van der Waals surface area contributed by atoms with Crippen LogP contribution in [0.15, 0.2) is 55.1 Å². The van der Waals surface area contributed by atoms with Crippen molar-refractivity contribution in [2.24, 2.45) is 0 Å². The molecule has 0 aromatic heterocycles. The van der Waals surface area contributed by atoms with Gasteiger partial charge < -0.3 is 0 Å². The SMILES string of the molecule is C=C(NNC(=O)c1ccc(F)cc1)c1ccc([N+](=O)[O-])cc1. The van der Waals surface area contributed by atoms with Gasteiger partial charge in [0.1, 0.15) is 5.82 Å². The van der Waals surface area contributed by atoms with Crippen LogP contribution in [0.3, 0.4) is 0 Å². The number of nitro benzene ring substituents is 1. The molecule has 0 bridgehead atoms. The summed E-state index contributed by atoms with van der Waals surface area (Å²) in [5.74, 6) is -0.886. The molecule has 0 unspecified atom stereocenters. The number of hydrogen-bond donors (Lipinski definition) is 2. The molecule has 0 radical (unpaired) electrons. The molecule has 112 valence electrons. The first-order chi connectivity index (χ1) is 10.5. The number of benzene rings is 2. The minimum Gasteiger partial charge on any atom is -0.298 e. The lowest BCUT2D eigenvalue weighted by Gasteiger charge is -2.11. The maximum Gasteiger partial charge on any atom is 0.269 e. The van der Waals surface area contributed by atoms with Crippen LogP contribution in [0.4, 0.5) is 10.1 Å². The molecule has 2 aromatic rings. The standard InChI is InChI=1S/C15H12FN3O3/c1-10(11-4-8-14(9-5-11)19(21)22)17-18-15(20)12-2-6-13(16)7-3-12/h2-9,17H,1H2,(H,18,20). The molecule has 2 rings (SSSR count). The number of nitro groups is 1. The molecule has 0 saturated carbocycles. The Hall–Kier alpha value is -3.22. The highest BCUT2D eigenvalue weighted by atomic mass is 19.1. The van der Waals surface area contributed by atoms with Crippen molar-refractivity contribution in [2.75, 3.05) is 0 Å². The monoisotopic (exact) mass is 301 g/mol. The van der Waals surface area contributed by atoms with Gasteiger partial charge in [0.15, 0.2) is 0 Å². The fraction of sp³-hybridized carbons (Fsp3) is 0. The van der Waals surface area contributed by atoms with Crippen LogP contribution < -0.4 is 10.9 Å². The zero-order valence-electron chi connectivity index (χ0n) is 11.4. The van der Waals surface area contributed by atoms with Crippen LogP contribution in [0.1, 0.15) is 15.9 Å². The Bertz CT molecular complexity index is 712. The van der Waals surface area contributed by atoms with Gasteiger partial charge in [-0.3, -0.25) is 25.8 Å². The topological polar surface area (TPSA) is 84.3 Å². The second kappa shape index (κ2) is 6.49. The van der Waals surface area contributed by atoms with E-state index >= 15 is 0 Å². The molecular weight excluding hydrogens is 289 g/mol. The number of nitrogens with one attached hydrogen (secondary N) is 2. The molecule has 6 nitrogen and oxygen atoms in total. The Labute approximate surface area is 125 Å². The Morgan fingerprint density at radius 1 is 1.00 bits per heavy atom. The minimum atomic E-state index is -0.504. The lowest BCUT2D eigenvalue weighted by atomic mass is 10.1. The smallest absolute Gasteiger partial charge is 0.269 e. The summed E-state index contributed by atoms with van der Waals surface area (Å²) in [6.45, 7) is 3.72. The van der Waals surface area contributed by atoms with Gasteiger partial charge in [-0.25, -0.2) is 4.39 Å². The van der Waals surface area contributed by atoms with Crippen molar-refractivity contribution >= 4 is 17.3 Å². The fourth-order valence-electron chi connectivity index (χ4n) is 1.66. The number of rotatable bonds is 5. The highest BCUT2D eigenvalue weighted by molar-refractivity contribution is 5.94. The lowest BCUT2D eigenvalue weighted by molar-refractivity contribution is -0.384. The average Bonchev–Trinajstić information content (AvgIpc) is 2.53. The second-order valence-electron chi connectivity index (χ2n) is 4.37. The maximum absolute atomic E-state index is 12.8. The minimum absolute atomic E-state index is 0.0353. The molecule has 0 atom stereocenters. The first-order valence-electron chi connectivity index (χ1n) is 6.23. The van der Waals surface area contributed by atoms with E-state index in [0.717, 1.165) is 0 Å². The number of hydrazine groups is 1. The van der Waals surface area contributed by atoms with Crippen molar-refractivity contribution in [3.05, 3.63) is 82.2 Å². The Kier molecular flexibility index (Phi) is 4.47. The average molecular weight is 301 g/mol. The predicted molar refractivity (Wildman–Crippen MR) is 79.1 cm³/mol. The maximum atomic E-state index is 12.8. The second-order valence-corrected chi connectivity index (χ2v) is 4.37. The number of nitrogens with zero attached hydrogens (tertiary/aromatic N) is 1. The Morgan fingerprint density at radius 2 is 1.55 bits per heavy atom. The van der Waals surface area contributed by atoms with Gasteiger partial charge >= 0.3 is 0 Å². The van der Waals surface area contributed by atoms with E-state index < -0.39 is 16.6 Å². The van der Waals surface area contributed by atoms with Gasteiger partial charge in [-0.15, -0.1) is 0 Å². The number of non-ortho nitro benzene ring substituents is 1. The summed E-state index contributed by atoms with van der Waals surface area (Å²) >= 11 is 0. The van der Waals surface area contributed by atoms with Gasteiger partial charge in [-0.2, -0.15) is 0 Å². The van der Waals surface area contributed by atoms with Gasteiger partial charge in [0.25, 0.3) is 11.6 Å². The normalized spacial score (nSPS) is 9.86. The van der Waals surface area contributed by atoms with Crippen LogP contribution in [-0.2, 0) is 0 Å². The van der Waals surface area contributed by atoms with Crippen molar-refractivity contribution in [2.45, 2.75) is 0 Å². The molecule has 0 aliphatic carbocycles. The summed E-state index contributed by atoms with van der Waals surface area (Å²) in [5, 5.41) is 10.6. The summed E-state index contributed by atoms with van der Waals surface area (Å²) < 4.78 is 12.8. The number of hydrogen-bond acceptors (Lipinski definition) is 4. The summed E-state index contributed by atoms with van der Waals surface area (Å²) in [6, 6.07) is 10.8. The quantitative estimate of drug-likeness (QED) is 0.657.